The summed E-state index contributed by atoms with van der Waals surface area (Å²) in [6.45, 7) is 7.84. The van der Waals surface area contributed by atoms with Crippen molar-refractivity contribution in [2.75, 3.05) is 11.5 Å². The highest BCUT2D eigenvalue weighted by Crippen LogP contribution is 2.17. The molecule has 1 aromatic carbocycles. The van der Waals surface area contributed by atoms with Crippen LogP contribution in [-0.4, -0.2) is 19.9 Å². The van der Waals surface area contributed by atoms with Gasteiger partial charge in [0.2, 0.25) is 0 Å². The number of benzene rings is 1. The average Bonchev–Trinajstić information content (AvgIpc) is 2.19. The van der Waals surface area contributed by atoms with E-state index < -0.39 is 15.9 Å². The number of sulfone groups is 1. The van der Waals surface area contributed by atoms with Crippen LogP contribution in [0.4, 0.5) is 0 Å². The summed E-state index contributed by atoms with van der Waals surface area (Å²) in [6.07, 6.45) is 0. The third-order valence-corrected chi connectivity index (χ3v) is 5.02. The molecule has 1 rings (SSSR count). The van der Waals surface area contributed by atoms with Gasteiger partial charge in [0.05, 0.1) is 11.5 Å². The molecule has 0 heterocycles. The number of hydrogen-bond donors (Lipinski definition) is 1. The van der Waals surface area contributed by atoms with Crippen LogP contribution in [0.15, 0.2) is 18.2 Å². The van der Waals surface area contributed by atoms with E-state index in [9.17, 15) is 8.42 Å². The van der Waals surface area contributed by atoms with Crippen molar-refractivity contribution < 1.29 is 8.42 Å². The van der Waals surface area contributed by atoms with Crippen LogP contribution in [0.5, 0.6) is 0 Å². The SMILES string of the molecule is Cc1ccc(C(N)CS(=O)(=O)CC(C)C)cc1C. The molecule has 0 amide bonds. The zero-order chi connectivity index (χ0) is 13.9. The Morgan fingerprint density at radius 2 is 1.72 bits per heavy atom. The van der Waals surface area contributed by atoms with Crippen LogP contribution < -0.4 is 5.73 Å². The van der Waals surface area contributed by atoms with Gasteiger partial charge in [0.15, 0.2) is 9.84 Å². The van der Waals surface area contributed by atoms with Gasteiger partial charge in [-0.15, -0.1) is 0 Å². The molecule has 18 heavy (non-hydrogen) atoms. The first-order chi connectivity index (χ1) is 8.21. The first kappa shape index (κ1) is 15.2. The average molecular weight is 269 g/mol. The molecule has 0 fully saturated rings. The van der Waals surface area contributed by atoms with E-state index in [2.05, 4.69) is 0 Å². The maximum atomic E-state index is 11.9. The summed E-state index contributed by atoms with van der Waals surface area (Å²) in [7, 11) is -3.08. The van der Waals surface area contributed by atoms with Crippen molar-refractivity contribution in [1.82, 2.24) is 0 Å². The Kier molecular flexibility index (Phi) is 4.93. The predicted octanol–water partition coefficient (Wildman–Crippen LogP) is 2.37. The summed E-state index contributed by atoms with van der Waals surface area (Å²) in [6, 6.07) is 5.44. The highest BCUT2D eigenvalue weighted by Gasteiger charge is 2.19. The van der Waals surface area contributed by atoms with Crippen molar-refractivity contribution >= 4 is 9.84 Å². The molecule has 102 valence electrons. The smallest absolute Gasteiger partial charge is 0.152 e. The molecule has 0 spiro atoms. The van der Waals surface area contributed by atoms with Gasteiger partial charge in [-0.25, -0.2) is 8.42 Å². The van der Waals surface area contributed by atoms with Gasteiger partial charge in [-0.2, -0.15) is 0 Å². The molecule has 0 aliphatic rings. The predicted molar refractivity (Wildman–Crippen MR) is 76.3 cm³/mol. The second kappa shape index (κ2) is 5.85. The van der Waals surface area contributed by atoms with Crippen LogP contribution in [0, 0.1) is 19.8 Å². The third kappa shape index (κ3) is 4.42. The lowest BCUT2D eigenvalue weighted by molar-refractivity contribution is 0.575. The van der Waals surface area contributed by atoms with Gasteiger partial charge >= 0.3 is 0 Å². The molecule has 0 aliphatic carbocycles. The Labute approximate surface area is 110 Å². The molecule has 0 saturated carbocycles. The number of rotatable bonds is 5. The zero-order valence-electron chi connectivity index (χ0n) is 11.6. The molecule has 4 heteroatoms. The first-order valence-electron chi connectivity index (χ1n) is 6.24. The van der Waals surface area contributed by atoms with Gasteiger partial charge in [-0.1, -0.05) is 32.0 Å². The standard InChI is InChI=1S/C14H23NO2S/c1-10(2)8-18(16,17)9-14(15)13-6-5-11(3)12(4)7-13/h5-7,10,14H,8-9,15H2,1-4H3. The topological polar surface area (TPSA) is 60.2 Å². The molecular weight excluding hydrogens is 246 g/mol. The molecule has 1 aromatic rings. The quantitative estimate of drug-likeness (QED) is 0.892. The van der Waals surface area contributed by atoms with Crippen LogP contribution in [0.3, 0.4) is 0 Å². The number of nitrogens with two attached hydrogens (primary N) is 1. The summed E-state index contributed by atoms with van der Waals surface area (Å²) < 4.78 is 23.8. The monoisotopic (exact) mass is 269 g/mol. The molecule has 3 nitrogen and oxygen atoms in total. The van der Waals surface area contributed by atoms with Crippen molar-refractivity contribution in [3.8, 4) is 0 Å². The molecule has 1 unspecified atom stereocenters. The summed E-state index contributed by atoms with van der Waals surface area (Å²) >= 11 is 0. The molecular formula is C14H23NO2S. The maximum absolute atomic E-state index is 11.9. The molecule has 0 radical (unpaired) electrons. The summed E-state index contributed by atoms with van der Waals surface area (Å²) in [5.74, 6) is 0.362. The van der Waals surface area contributed by atoms with Crippen molar-refractivity contribution in [1.29, 1.82) is 0 Å². The second-order valence-electron chi connectivity index (χ2n) is 5.42. The van der Waals surface area contributed by atoms with Crippen molar-refractivity contribution in [3.05, 3.63) is 34.9 Å². The molecule has 2 N–H and O–H groups in total. The summed E-state index contributed by atoms with van der Waals surface area (Å²) in [5, 5.41) is 0. The normalized spacial score (nSPS) is 13.9. The molecule has 0 aromatic heterocycles. The van der Waals surface area contributed by atoms with Crippen LogP contribution in [0.1, 0.15) is 36.6 Å². The highest BCUT2D eigenvalue weighted by atomic mass is 32.2. The first-order valence-corrected chi connectivity index (χ1v) is 8.06. The van der Waals surface area contributed by atoms with E-state index in [1.54, 1.807) is 0 Å². The van der Waals surface area contributed by atoms with Crippen LogP contribution in [0.25, 0.3) is 0 Å². The molecule has 0 aliphatic heterocycles. The fourth-order valence-electron chi connectivity index (χ4n) is 1.94. The Morgan fingerprint density at radius 1 is 1.11 bits per heavy atom. The zero-order valence-corrected chi connectivity index (χ0v) is 12.4. The maximum Gasteiger partial charge on any atom is 0.152 e. The van der Waals surface area contributed by atoms with E-state index in [0.717, 1.165) is 11.1 Å². The lowest BCUT2D eigenvalue weighted by Crippen LogP contribution is -2.25. The van der Waals surface area contributed by atoms with Crippen LogP contribution in [-0.2, 0) is 9.84 Å². The Morgan fingerprint density at radius 3 is 2.22 bits per heavy atom. The van der Waals surface area contributed by atoms with E-state index in [-0.39, 0.29) is 17.4 Å². The third-order valence-electron chi connectivity index (χ3n) is 2.98. The van der Waals surface area contributed by atoms with Gasteiger partial charge in [0, 0.05) is 6.04 Å². The largest absolute Gasteiger partial charge is 0.323 e. The molecule has 0 bridgehead atoms. The van der Waals surface area contributed by atoms with Gasteiger partial charge in [-0.05, 0) is 36.5 Å². The van der Waals surface area contributed by atoms with Crippen molar-refractivity contribution in [2.45, 2.75) is 33.7 Å². The molecule has 0 saturated heterocycles. The Balaban J connectivity index is 2.82. The number of hydrogen-bond acceptors (Lipinski definition) is 3. The molecule has 1 atom stereocenters. The minimum absolute atomic E-state index is 0.0215. The fourth-order valence-corrected chi connectivity index (χ4v) is 3.83. The van der Waals surface area contributed by atoms with Gasteiger partial charge in [-0.3, -0.25) is 0 Å². The lowest BCUT2D eigenvalue weighted by Gasteiger charge is -2.15. The van der Waals surface area contributed by atoms with Gasteiger partial charge < -0.3 is 5.73 Å². The van der Waals surface area contributed by atoms with Gasteiger partial charge in [0.1, 0.15) is 0 Å². The number of aryl methyl sites for hydroxylation is 2. The summed E-state index contributed by atoms with van der Waals surface area (Å²) in [4.78, 5) is 0. The van der Waals surface area contributed by atoms with E-state index >= 15 is 0 Å². The minimum Gasteiger partial charge on any atom is -0.323 e. The van der Waals surface area contributed by atoms with E-state index in [0.29, 0.717) is 0 Å². The van der Waals surface area contributed by atoms with Crippen molar-refractivity contribution in [2.24, 2.45) is 11.7 Å². The second-order valence-corrected chi connectivity index (χ2v) is 7.57. The van der Waals surface area contributed by atoms with Gasteiger partial charge in [0.25, 0.3) is 0 Å². The Hall–Kier alpha value is -0.870. The lowest BCUT2D eigenvalue weighted by atomic mass is 10.0. The summed E-state index contributed by atoms with van der Waals surface area (Å²) in [5.41, 5.74) is 9.22. The van der Waals surface area contributed by atoms with Crippen LogP contribution in [0.2, 0.25) is 0 Å². The van der Waals surface area contributed by atoms with Crippen molar-refractivity contribution in [3.63, 3.8) is 0 Å². The highest BCUT2D eigenvalue weighted by molar-refractivity contribution is 7.91. The van der Waals surface area contributed by atoms with E-state index in [4.69, 9.17) is 5.73 Å². The fraction of sp³-hybridized carbons (Fsp3) is 0.571. The Bertz CT molecular complexity index is 507. The van der Waals surface area contributed by atoms with Crippen LogP contribution >= 0.6 is 0 Å². The minimum atomic E-state index is -3.08. The van der Waals surface area contributed by atoms with E-state index in [1.807, 2.05) is 45.9 Å². The van der Waals surface area contributed by atoms with E-state index in [1.165, 1.54) is 5.56 Å².